The Balaban J connectivity index is 1.78. The van der Waals surface area contributed by atoms with Crippen LogP contribution >= 0.6 is 34.8 Å². The molecule has 0 aliphatic heterocycles. The molecule has 4 rings (SSSR count). The number of nitrogens with zero attached hydrogens (tertiary/aromatic N) is 3. The first-order valence-electron chi connectivity index (χ1n) is 8.98. The molecule has 1 amide bonds. The molecule has 3 aromatic carbocycles. The number of hydrogen-bond acceptors (Lipinski definition) is 3. The van der Waals surface area contributed by atoms with Gasteiger partial charge in [-0.3, -0.25) is 4.79 Å². The van der Waals surface area contributed by atoms with E-state index in [2.05, 4.69) is 15.4 Å². The molecule has 5 nitrogen and oxygen atoms in total. The van der Waals surface area contributed by atoms with Gasteiger partial charge in [0.15, 0.2) is 5.82 Å². The number of benzene rings is 3. The van der Waals surface area contributed by atoms with E-state index in [-0.39, 0.29) is 5.82 Å². The number of carbonyl (C=O) groups is 1. The lowest BCUT2D eigenvalue weighted by Gasteiger charge is -2.07. The number of aromatic nitrogens is 3. The second-order valence-electron chi connectivity index (χ2n) is 6.55. The van der Waals surface area contributed by atoms with Crippen LogP contribution in [-0.2, 0) is 0 Å². The minimum atomic E-state index is -0.448. The number of carbonyl (C=O) groups excluding carboxylic acids is 1. The van der Waals surface area contributed by atoms with Crippen molar-refractivity contribution in [1.29, 1.82) is 0 Å². The van der Waals surface area contributed by atoms with E-state index in [1.807, 2.05) is 43.3 Å². The molecule has 0 fully saturated rings. The highest BCUT2D eigenvalue weighted by atomic mass is 35.5. The number of nitrogens with one attached hydrogen (secondary N) is 1. The zero-order chi connectivity index (χ0) is 21.3. The lowest BCUT2D eigenvalue weighted by Crippen LogP contribution is -2.15. The second-order valence-corrected chi connectivity index (χ2v) is 7.80. The molecule has 0 bridgehead atoms. The van der Waals surface area contributed by atoms with Crippen molar-refractivity contribution in [1.82, 2.24) is 14.8 Å². The van der Waals surface area contributed by atoms with Gasteiger partial charge in [-0.2, -0.15) is 0 Å². The van der Waals surface area contributed by atoms with Crippen molar-refractivity contribution < 1.29 is 4.79 Å². The fourth-order valence-corrected chi connectivity index (χ4v) is 3.35. The summed E-state index contributed by atoms with van der Waals surface area (Å²) in [7, 11) is 0. The fraction of sp³-hybridized carbons (Fsp3) is 0.0455. The molecule has 1 aromatic heterocycles. The molecule has 0 aliphatic rings. The number of amides is 1. The van der Waals surface area contributed by atoms with Crippen LogP contribution in [0.3, 0.4) is 0 Å². The van der Waals surface area contributed by atoms with Crippen molar-refractivity contribution in [3.8, 4) is 17.1 Å². The summed E-state index contributed by atoms with van der Waals surface area (Å²) < 4.78 is 1.57. The van der Waals surface area contributed by atoms with Crippen LogP contribution in [0.15, 0.2) is 66.7 Å². The van der Waals surface area contributed by atoms with E-state index >= 15 is 0 Å². The Morgan fingerprint density at radius 3 is 2.43 bits per heavy atom. The van der Waals surface area contributed by atoms with Crippen molar-refractivity contribution in [2.45, 2.75) is 6.92 Å². The van der Waals surface area contributed by atoms with E-state index in [0.29, 0.717) is 32.3 Å². The summed E-state index contributed by atoms with van der Waals surface area (Å²) in [5.41, 5.74) is 2.90. The van der Waals surface area contributed by atoms with Gasteiger partial charge >= 0.3 is 0 Å². The van der Waals surface area contributed by atoms with Crippen LogP contribution < -0.4 is 5.32 Å². The van der Waals surface area contributed by atoms with Gasteiger partial charge in [-0.15, -0.1) is 5.10 Å². The second kappa shape index (κ2) is 8.48. The molecular weight excluding hydrogens is 443 g/mol. The van der Waals surface area contributed by atoms with Crippen LogP contribution in [0.2, 0.25) is 15.1 Å². The Hall–Kier alpha value is -2.86. The quantitative estimate of drug-likeness (QED) is 0.383. The van der Waals surface area contributed by atoms with E-state index in [9.17, 15) is 4.79 Å². The third-order valence-electron chi connectivity index (χ3n) is 4.44. The molecule has 0 saturated heterocycles. The van der Waals surface area contributed by atoms with Crippen LogP contribution in [-0.4, -0.2) is 20.7 Å². The van der Waals surface area contributed by atoms with Crippen molar-refractivity contribution >= 4 is 46.4 Å². The molecule has 0 radical (unpaired) electrons. The first-order valence-corrected chi connectivity index (χ1v) is 10.1. The average Bonchev–Trinajstić information content (AvgIpc) is 3.19. The van der Waals surface area contributed by atoms with Gasteiger partial charge in [-0.25, -0.2) is 9.67 Å². The van der Waals surface area contributed by atoms with Gasteiger partial charge in [0.1, 0.15) is 0 Å². The molecule has 0 aliphatic carbocycles. The molecule has 1 heterocycles. The van der Waals surface area contributed by atoms with E-state index in [0.717, 1.165) is 11.1 Å². The molecule has 1 N–H and O–H groups in total. The average molecular weight is 458 g/mol. The predicted octanol–water partition coefficient (Wildman–Crippen LogP) is 6.46. The molecule has 0 atom stereocenters. The summed E-state index contributed by atoms with van der Waals surface area (Å²) in [6, 6.07) is 19.8. The Morgan fingerprint density at radius 2 is 1.70 bits per heavy atom. The molecule has 4 aromatic rings. The van der Waals surface area contributed by atoms with Crippen molar-refractivity contribution in [3.63, 3.8) is 0 Å². The summed E-state index contributed by atoms with van der Waals surface area (Å²) in [6.07, 6.45) is 0. The van der Waals surface area contributed by atoms with Gasteiger partial charge in [0.25, 0.3) is 5.91 Å². The number of anilines is 1. The number of aryl methyl sites for hydroxylation is 1. The largest absolute Gasteiger partial charge is 0.319 e. The lowest BCUT2D eigenvalue weighted by atomic mass is 10.2. The zero-order valence-corrected chi connectivity index (χ0v) is 18.0. The normalized spacial score (nSPS) is 10.8. The van der Waals surface area contributed by atoms with E-state index in [4.69, 9.17) is 34.8 Å². The van der Waals surface area contributed by atoms with Crippen molar-refractivity contribution in [2.24, 2.45) is 0 Å². The summed E-state index contributed by atoms with van der Waals surface area (Å²) in [4.78, 5) is 17.4. The number of halogens is 3. The van der Waals surface area contributed by atoms with Crippen LogP contribution in [0.4, 0.5) is 5.69 Å². The van der Waals surface area contributed by atoms with Crippen molar-refractivity contribution in [3.05, 3.63) is 93.2 Å². The first-order chi connectivity index (χ1) is 14.4. The Bertz CT molecular complexity index is 1240. The van der Waals surface area contributed by atoms with Gasteiger partial charge in [-0.1, -0.05) is 71.2 Å². The fourth-order valence-electron chi connectivity index (χ4n) is 2.89. The maximum Gasteiger partial charge on any atom is 0.295 e. The molecule has 150 valence electrons. The maximum absolute atomic E-state index is 12.9. The van der Waals surface area contributed by atoms with Crippen LogP contribution in [0.1, 0.15) is 16.2 Å². The van der Waals surface area contributed by atoms with Crippen molar-refractivity contribution in [2.75, 3.05) is 5.32 Å². The highest BCUT2D eigenvalue weighted by Gasteiger charge is 2.20. The highest BCUT2D eigenvalue weighted by molar-refractivity contribution is 6.42. The maximum atomic E-state index is 12.9. The number of hydrogen-bond donors (Lipinski definition) is 1. The van der Waals surface area contributed by atoms with Crippen LogP contribution in [0.25, 0.3) is 17.1 Å². The SMILES string of the molecule is Cc1ccc(Cl)cc1NC(=O)c1nc(-c2ccccc2)n(-c2ccc(Cl)c(Cl)c2)n1. The minimum Gasteiger partial charge on any atom is -0.319 e. The lowest BCUT2D eigenvalue weighted by molar-refractivity contribution is 0.101. The number of rotatable bonds is 4. The summed E-state index contributed by atoms with van der Waals surface area (Å²) in [5, 5.41) is 8.59. The van der Waals surface area contributed by atoms with Crippen LogP contribution in [0.5, 0.6) is 0 Å². The molecular formula is C22H15Cl3N4O. The smallest absolute Gasteiger partial charge is 0.295 e. The zero-order valence-electron chi connectivity index (χ0n) is 15.7. The predicted molar refractivity (Wildman–Crippen MR) is 121 cm³/mol. The standard InChI is InChI=1S/C22H15Cl3N4O/c1-13-7-8-15(23)11-19(13)26-22(30)20-27-21(14-5-3-2-4-6-14)29(28-20)16-9-10-17(24)18(25)12-16/h2-12H,1H3,(H,26,30). The third-order valence-corrected chi connectivity index (χ3v) is 5.41. The van der Waals surface area contributed by atoms with Crippen LogP contribution in [0, 0.1) is 6.92 Å². The molecule has 0 unspecified atom stereocenters. The Labute approximate surface area is 188 Å². The summed E-state index contributed by atoms with van der Waals surface area (Å²) in [5.74, 6) is 0.0672. The van der Waals surface area contributed by atoms with E-state index < -0.39 is 5.91 Å². The molecule has 30 heavy (non-hydrogen) atoms. The Kier molecular flexibility index (Phi) is 5.77. The molecule has 8 heteroatoms. The van der Waals surface area contributed by atoms with E-state index in [1.54, 1.807) is 35.0 Å². The van der Waals surface area contributed by atoms with Gasteiger partial charge in [0.2, 0.25) is 5.82 Å². The molecule has 0 spiro atoms. The summed E-state index contributed by atoms with van der Waals surface area (Å²) >= 11 is 18.3. The third kappa shape index (κ3) is 4.19. The molecule has 0 saturated carbocycles. The summed E-state index contributed by atoms with van der Waals surface area (Å²) in [6.45, 7) is 1.88. The van der Waals surface area contributed by atoms with Gasteiger partial charge in [-0.05, 0) is 42.8 Å². The topological polar surface area (TPSA) is 59.8 Å². The van der Waals surface area contributed by atoms with Gasteiger partial charge < -0.3 is 5.32 Å². The highest BCUT2D eigenvalue weighted by Crippen LogP contribution is 2.28. The monoisotopic (exact) mass is 456 g/mol. The Morgan fingerprint density at radius 1 is 0.933 bits per heavy atom. The first kappa shape index (κ1) is 20.4. The van der Waals surface area contributed by atoms with Gasteiger partial charge in [0, 0.05) is 16.3 Å². The van der Waals surface area contributed by atoms with Gasteiger partial charge in [0.05, 0.1) is 15.7 Å². The minimum absolute atomic E-state index is 0.0132. The van der Waals surface area contributed by atoms with E-state index in [1.165, 1.54) is 0 Å².